The van der Waals surface area contributed by atoms with Gasteiger partial charge in [0.2, 0.25) is 0 Å². The number of halogens is 1. The summed E-state index contributed by atoms with van der Waals surface area (Å²) >= 11 is 0. The number of nitrogens with zero attached hydrogens (tertiary/aromatic N) is 3. The summed E-state index contributed by atoms with van der Waals surface area (Å²) in [6.45, 7) is 0.588. The maximum absolute atomic E-state index is 13.9. The maximum Gasteiger partial charge on any atom is 0.261 e. The minimum absolute atomic E-state index is 0.237. The molecule has 1 aromatic heterocycles. The van der Waals surface area contributed by atoms with E-state index in [0.717, 1.165) is 0 Å². The van der Waals surface area contributed by atoms with Crippen molar-refractivity contribution in [3.63, 3.8) is 0 Å². The minimum atomic E-state index is -0.280. The zero-order chi connectivity index (χ0) is 18.1. The summed E-state index contributed by atoms with van der Waals surface area (Å²) in [5.74, 6) is -0.132. The van der Waals surface area contributed by atoms with Crippen LogP contribution in [0.25, 0.3) is 0 Å². The van der Waals surface area contributed by atoms with Crippen LogP contribution in [0.5, 0.6) is 0 Å². The predicted octanol–water partition coefficient (Wildman–Crippen LogP) is 2.91. The third-order valence-corrected chi connectivity index (χ3v) is 4.54. The summed E-state index contributed by atoms with van der Waals surface area (Å²) in [6.07, 6.45) is 3.82. The van der Waals surface area contributed by atoms with Crippen molar-refractivity contribution in [2.24, 2.45) is 0 Å². The highest BCUT2D eigenvalue weighted by atomic mass is 19.1. The van der Waals surface area contributed by atoms with Crippen molar-refractivity contribution in [1.82, 2.24) is 14.5 Å². The molecule has 1 aliphatic rings. The van der Waals surface area contributed by atoms with Gasteiger partial charge in [-0.05, 0) is 18.2 Å². The van der Waals surface area contributed by atoms with E-state index in [-0.39, 0.29) is 24.2 Å². The standard InChI is InChI=1S/C20H16FN3O2/c21-17-8-4-1-5-14(17)13-23-12-10-22-18(23)9-11-24-19(25)15-6-2-3-7-16(15)20(24)26/h1-8,10,12H,9,11,13H2. The fraction of sp³-hybridized carbons (Fsp3) is 0.150. The second-order valence-electron chi connectivity index (χ2n) is 6.12. The fourth-order valence-corrected chi connectivity index (χ4v) is 3.18. The molecule has 4 rings (SSSR count). The Hall–Kier alpha value is -3.28. The van der Waals surface area contributed by atoms with E-state index in [1.807, 2.05) is 4.57 Å². The third kappa shape index (κ3) is 2.79. The summed E-state index contributed by atoms with van der Waals surface area (Å²) < 4.78 is 15.7. The number of carbonyl (C=O) groups is 2. The molecule has 0 fully saturated rings. The first-order valence-electron chi connectivity index (χ1n) is 8.34. The first kappa shape index (κ1) is 16.2. The van der Waals surface area contributed by atoms with Gasteiger partial charge in [-0.15, -0.1) is 0 Å². The number of rotatable bonds is 5. The van der Waals surface area contributed by atoms with Crippen LogP contribution >= 0.6 is 0 Å². The van der Waals surface area contributed by atoms with Gasteiger partial charge < -0.3 is 4.57 Å². The van der Waals surface area contributed by atoms with E-state index < -0.39 is 0 Å². The summed E-state index contributed by atoms with van der Waals surface area (Å²) in [7, 11) is 0. The van der Waals surface area contributed by atoms with Gasteiger partial charge in [0.1, 0.15) is 11.6 Å². The van der Waals surface area contributed by atoms with E-state index in [4.69, 9.17) is 0 Å². The van der Waals surface area contributed by atoms with Crippen molar-refractivity contribution in [2.75, 3.05) is 6.54 Å². The minimum Gasteiger partial charge on any atom is -0.330 e. The predicted molar refractivity (Wildman–Crippen MR) is 93.2 cm³/mol. The van der Waals surface area contributed by atoms with Crippen LogP contribution in [0.4, 0.5) is 4.39 Å². The number of imidazole rings is 1. The highest BCUT2D eigenvalue weighted by molar-refractivity contribution is 6.21. The lowest BCUT2D eigenvalue weighted by Crippen LogP contribution is -2.32. The molecule has 0 N–H and O–H groups in total. The molecule has 0 saturated heterocycles. The number of hydrogen-bond acceptors (Lipinski definition) is 3. The summed E-state index contributed by atoms with van der Waals surface area (Å²) in [5, 5.41) is 0. The molecule has 0 radical (unpaired) electrons. The molecule has 0 spiro atoms. The van der Waals surface area contributed by atoms with Gasteiger partial charge in [-0.1, -0.05) is 30.3 Å². The van der Waals surface area contributed by atoms with Gasteiger partial charge in [-0.3, -0.25) is 14.5 Å². The monoisotopic (exact) mass is 349 g/mol. The molecule has 5 nitrogen and oxygen atoms in total. The molecule has 0 aliphatic carbocycles. The lowest BCUT2D eigenvalue weighted by Gasteiger charge is -2.14. The van der Waals surface area contributed by atoms with Crippen LogP contribution < -0.4 is 0 Å². The number of benzene rings is 2. The van der Waals surface area contributed by atoms with E-state index in [1.165, 1.54) is 11.0 Å². The molecule has 6 heteroatoms. The largest absolute Gasteiger partial charge is 0.330 e. The van der Waals surface area contributed by atoms with Crippen molar-refractivity contribution >= 4 is 11.8 Å². The summed E-state index contributed by atoms with van der Waals surface area (Å²) in [4.78, 5) is 30.4. The maximum atomic E-state index is 13.9. The number of aromatic nitrogens is 2. The third-order valence-electron chi connectivity index (χ3n) is 4.54. The first-order chi connectivity index (χ1) is 12.6. The SMILES string of the molecule is O=C1c2ccccc2C(=O)N1CCc1nccn1Cc1ccccc1F. The molecule has 130 valence electrons. The topological polar surface area (TPSA) is 55.2 Å². The number of hydrogen-bond donors (Lipinski definition) is 0. The molecule has 2 aromatic carbocycles. The molecule has 0 bridgehead atoms. The number of carbonyl (C=O) groups excluding carboxylic acids is 2. The van der Waals surface area contributed by atoms with E-state index in [0.29, 0.717) is 35.5 Å². The zero-order valence-electron chi connectivity index (χ0n) is 13.9. The Bertz CT molecular complexity index is 961. The Morgan fingerprint density at radius 3 is 2.27 bits per heavy atom. The Morgan fingerprint density at radius 1 is 0.923 bits per heavy atom. The van der Waals surface area contributed by atoms with Gasteiger partial charge in [-0.2, -0.15) is 0 Å². The molecule has 0 atom stereocenters. The highest BCUT2D eigenvalue weighted by Gasteiger charge is 2.34. The molecule has 1 aliphatic heterocycles. The molecule has 0 saturated carbocycles. The van der Waals surface area contributed by atoms with Crippen molar-refractivity contribution in [3.05, 3.63) is 89.3 Å². The highest BCUT2D eigenvalue weighted by Crippen LogP contribution is 2.22. The van der Waals surface area contributed by atoms with Crippen molar-refractivity contribution in [3.8, 4) is 0 Å². The lowest BCUT2D eigenvalue weighted by molar-refractivity contribution is 0.0655. The summed E-state index contributed by atoms with van der Waals surface area (Å²) in [6, 6.07) is 13.4. The fourth-order valence-electron chi connectivity index (χ4n) is 3.18. The quantitative estimate of drug-likeness (QED) is 0.666. The average Bonchev–Trinajstić information content (AvgIpc) is 3.19. The Morgan fingerprint density at radius 2 is 1.58 bits per heavy atom. The second-order valence-corrected chi connectivity index (χ2v) is 6.12. The summed E-state index contributed by atoms with van der Waals surface area (Å²) in [5.41, 5.74) is 1.44. The van der Waals surface area contributed by atoms with Crippen LogP contribution in [0.15, 0.2) is 60.9 Å². The van der Waals surface area contributed by atoms with Gasteiger partial charge in [0.05, 0.1) is 17.7 Å². The number of fused-ring (bicyclic) bond motifs is 1. The van der Waals surface area contributed by atoms with E-state index in [1.54, 1.807) is 54.9 Å². The Balaban J connectivity index is 1.49. The van der Waals surface area contributed by atoms with E-state index in [9.17, 15) is 14.0 Å². The van der Waals surface area contributed by atoms with Crippen molar-refractivity contribution < 1.29 is 14.0 Å². The zero-order valence-corrected chi connectivity index (χ0v) is 13.9. The number of imide groups is 1. The van der Waals surface area contributed by atoms with Crippen LogP contribution in [0.2, 0.25) is 0 Å². The molecular formula is C20H16FN3O2. The smallest absolute Gasteiger partial charge is 0.261 e. The van der Waals surface area contributed by atoms with Crippen LogP contribution in [-0.2, 0) is 13.0 Å². The van der Waals surface area contributed by atoms with Crippen LogP contribution in [-0.4, -0.2) is 32.8 Å². The number of amides is 2. The van der Waals surface area contributed by atoms with E-state index in [2.05, 4.69) is 4.98 Å². The van der Waals surface area contributed by atoms with Gasteiger partial charge in [0.25, 0.3) is 11.8 Å². The van der Waals surface area contributed by atoms with Crippen molar-refractivity contribution in [2.45, 2.75) is 13.0 Å². The van der Waals surface area contributed by atoms with Crippen LogP contribution in [0.3, 0.4) is 0 Å². The molecular weight excluding hydrogens is 333 g/mol. The normalized spacial score (nSPS) is 13.3. The van der Waals surface area contributed by atoms with Crippen molar-refractivity contribution in [1.29, 1.82) is 0 Å². The molecule has 2 amide bonds. The van der Waals surface area contributed by atoms with Crippen LogP contribution in [0, 0.1) is 5.82 Å². The molecule has 26 heavy (non-hydrogen) atoms. The Labute approximate surface area is 149 Å². The molecule has 3 aromatic rings. The molecule has 0 unspecified atom stereocenters. The first-order valence-corrected chi connectivity index (χ1v) is 8.34. The lowest BCUT2D eigenvalue weighted by atomic mass is 10.1. The van der Waals surface area contributed by atoms with Gasteiger partial charge >= 0.3 is 0 Å². The van der Waals surface area contributed by atoms with Gasteiger partial charge in [0, 0.05) is 30.9 Å². The second kappa shape index (κ2) is 6.55. The Kier molecular flexibility index (Phi) is 4.08. The van der Waals surface area contributed by atoms with Gasteiger partial charge in [-0.25, -0.2) is 9.37 Å². The van der Waals surface area contributed by atoms with Gasteiger partial charge in [0.15, 0.2) is 0 Å². The van der Waals surface area contributed by atoms with E-state index >= 15 is 0 Å². The average molecular weight is 349 g/mol. The van der Waals surface area contributed by atoms with Crippen LogP contribution in [0.1, 0.15) is 32.1 Å². The molecule has 2 heterocycles.